The van der Waals surface area contributed by atoms with Gasteiger partial charge < -0.3 is 20.1 Å². The number of anilines is 2. The second-order valence-electron chi connectivity index (χ2n) is 4.65. The van der Waals surface area contributed by atoms with Gasteiger partial charge in [-0.05, 0) is 19.1 Å². The maximum Gasteiger partial charge on any atom is 0.411 e. The summed E-state index contributed by atoms with van der Waals surface area (Å²) in [5.74, 6) is -0.736. The number of rotatable bonds is 6. The highest BCUT2D eigenvalue weighted by Gasteiger charge is 2.30. The molecule has 2 N–H and O–H groups in total. The number of carbonyl (C=O) groups excluding carboxylic acids is 2. The van der Waals surface area contributed by atoms with E-state index in [1.807, 2.05) is 0 Å². The number of methoxy groups -OCH3 is 1. The Morgan fingerprint density at radius 3 is 2.43 bits per heavy atom. The fourth-order valence-electron chi connectivity index (χ4n) is 1.60. The van der Waals surface area contributed by atoms with Crippen molar-refractivity contribution in [3.8, 4) is 5.75 Å². The normalized spacial score (nSPS) is 12.4. The van der Waals surface area contributed by atoms with Crippen LogP contribution in [0.2, 0.25) is 0 Å². The molecule has 1 atom stereocenters. The lowest BCUT2D eigenvalue weighted by Gasteiger charge is -2.16. The van der Waals surface area contributed by atoms with E-state index in [2.05, 4.69) is 15.4 Å². The lowest BCUT2D eigenvalue weighted by atomic mass is 10.2. The lowest BCUT2D eigenvalue weighted by Crippen LogP contribution is -2.31. The monoisotopic (exact) mass is 334 g/mol. The third-order valence-corrected chi connectivity index (χ3v) is 2.65. The average Bonchev–Trinajstić information content (AvgIpc) is 2.44. The lowest BCUT2D eigenvalue weighted by molar-refractivity contribution is -0.184. The minimum Gasteiger partial charge on any atom is -0.494 e. The van der Waals surface area contributed by atoms with Gasteiger partial charge in [-0.2, -0.15) is 13.2 Å². The van der Waals surface area contributed by atoms with E-state index in [1.54, 1.807) is 0 Å². The first-order chi connectivity index (χ1) is 10.6. The van der Waals surface area contributed by atoms with E-state index in [-0.39, 0.29) is 5.91 Å². The summed E-state index contributed by atoms with van der Waals surface area (Å²) in [6.45, 7) is 1.03. The Kier molecular flexibility index (Phi) is 6.38. The van der Waals surface area contributed by atoms with Crippen LogP contribution in [0, 0.1) is 0 Å². The van der Waals surface area contributed by atoms with Gasteiger partial charge in [-0.25, -0.2) is 0 Å². The highest BCUT2D eigenvalue weighted by molar-refractivity contribution is 5.95. The summed E-state index contributed by atoms with van der Waals surface area (Å²) < 4.78 is 45.7. The number of alkyl halides is 3. The van der Waals surface area contributed by atoms with Crippen molar-refractivity contribution < 1.29 is 32.2 Å². The molecule has 0 aliphatic rings. The molecule has 0 aliphatic heterocycles. The molecule has 1 rings (SSSR count). The molecule has 6 nitrogen and oxygen atoms in total. The van der Waals surface area contributed by atoms with E-state index < -0.39 is 24.8 Å². The minimum absolute atomic E-state index is 0.293. The minimum atomic E-state index is -4.50. The van der Waals surface area contributed by atoms with Crippen molar-refractivity contribution in [1.29, 1.82) is 0 Å². The van der Waals surface area contributed by atoms with Crippen LogP contribution in [-0.4, -0.2) is 37.8 Å². The van der Waals surface area contributed by atoms with Crippen molar-refractivity contribution in [3.63, 3.8) is 0 Å². The zero-order valence-electron chi connectivity index (χ0n) is 12.8. The van der Waals surface area contributed by atoms with Crippen LogP contribution >= 0.6 is 0 Å². The Morgan fingerprint density at radius 1 is 1.26 bits per heavy atom. The highest BCUT2D eigenvalue weighted by atomic mass is 19.4. The molecule has 1 aromatic carbocycles. The van der Waals surface area contributed by atoms with Crippen LogP contribution in [0.25, 0.3) is 0 Å². The smallest absolute Gasteiger partial charge is 0.411 e. The van der Waals surface area contributed by atoms with Gasteiger partial charge in [-0.1, -0.05) is 0 Å². The van der Waals surface area contributed by atoms with Crippen LogP contribution in [0.4, 0.5) is 24.5 Å². The SMILES string of the molecule is COc1cc(NC(=O)[C@H](C)OCC(F)(F)F)ccc1NC(C)=O. The summed E-state index contributed by atoms with van der Waals surface area (Å²) in [4.78, 5) is 22.8. The quantitative estimate of drug-likeness (QED) is 0.838. The molecule has 0 unspecified atom stereocenters. The van der Waals surface area contributed by atoms with Gasteiger partial charge in [0.1, 0.15) is 18.5 Å². The van der Waals surface area contributed by atoms with Crippen LogP contribution in [0.5, 0.6) is 5.75 Å². The number of nitrogens with one attached hydrogen (secondary N) is 2. The topological polar surface area (TPSA) is 76.7 Å². The molecule has 0 saturated carbocycles. The molecule has 0 bridgehead atoms. The molecule has 2 amide bonds. The molecule has 9 heteroatoms. The summed E-state index contributed by atoms with van der Waals surface area (Å²) in [6, 6.07) is 4.40. The first kappa shape index (κ1) is 18.8. The van der Waals surface area contributed by atoms with Crippen LogP contribution < -0.4 is 15.4 Å². The molecule has 0 aromatic heterocycles. The Hall–Kier alpha value is -2.29. The molecule has 0 saturated heterocycles. The maximum absolute atomic E-state index is 12.0. The van der Waals surface area contributed by atoms with E-state index in [0.717, 1.165) is 0 Å². The highest BCUT2D eigenvalue weighted by Crippen LogP contribution is 2.28. The number of halogens is 3. The number of hydrogen-bond acceptors (Lipinski definition) is 4. The van der Waals surface area contributed by atoms with Gasteiger partial charge in [0.05, 0.1) is 12.8 Å². The fourth-order valence-corrected chi connectivity index (χ4v) is 1.60. The molecule has 0 radical (unpaired) electrons. The zero-order chi connectivity index (χ0) is 17.6. The maximum atomic E-state index is 12.0. The predicted octanol–water partition coefficient (Wildman–Crippen LogP) is 2.56. The van der Waals surface area contributed by atoms with E-state index >= 15 is 0 Å². The van der Waals surface area contributed by atoms with Crippen LogP contribution in [-0.2, 0) is 14.3 Å². The zero-order valence-corrected chi connectivity index (χ0v) is 12.8. The van der Waals surface area contributed by atoms with Crippen molar-refractivity contribution in [2.45, 2.75) is 26.1 Å². The molecular weight excluding hydrogens is 317 g/mol. The molecule has 0 spiro atoms. The second kappa shape index (κ2) is 7.82. The molecule has 0 heterocycles. The van der Waals surface area contributed by atoms with Crippen LogP contribution in [0.3, 0.4) is 0 Å². The first-order valence-corrected chi connectivity index (χ1v) is 6.57. The summed E-state index contributed by atoms with van der Waals surface area (Å²) in [6.07, 6.45) is -5.78. The van der Waals surface area contributed by atoms with E-state index in [0.29, 0.717) is 17.1 Å². The van der Waals surface area contributed by atoms with Crippen molar-refractivity contribution >= 4 is 23.2 Å². The number of amides is 2. The van der Waals surface area contributed by atoms with Crippen molar-refractivity contribution in [2.75, 3.05) is 24.4 Å². The van der Waals surface area contributed by atoms with E-state index in [4.69, 9.17) is 4.74 Å². The molecule has 0 aliphatic carbocycles. The molecule has 0 fully saturated rings. The molecule has 23 heavy (non-hydrogen) atoms. The number of ether oxygens (including phenoxy) is 2. The Morgan fingerprint density at radius 2 is 1.91 bits per heavy atom. The van der Waals surface area contributed by atoms with Gasteiger partial charge in [0.25, 0.3) is 5.91 Å². The third-order valence-electron chi connectivity index (χ3n) is 2.65. The van der Waals surface area contributed by atoms with Gasteiger partial charge in [-0.15, -0.1) is 0 Å². The standard InChI is InChI=1S/C14H17F3N2O4/c1-8(23-7-14(15,16)17)13(21)19-10-4-5-11(18-9(2)20)12(6-10)22-3/h4-6,8H,7H2,1-3H3,(H,18,20)(H,19,21)/t8-/m0/s1. The summed E-state index contributed by atoms with van der Waals surface area (Å²) >= 11 is 0. The average molecular weight is 334 g/mol. The second-order valence-corrected chi connectivity index (χ2v) is 4.65. The van der Waals surface area contributed by atoms with Gasteiger partial charge in [0, 0.05) is 18.7 Å². The van der Waals surface area contributed by atoms with Gasteiger partial charge in [0.15, 0.2) is 0 Å². The van der Waals surface area contributed by atoms with Gasteiger partial charge >= 0.3 is 6.18 Å². The number of benzene rings is 1. The van der Waals surface area contributed by atoms with E-state index in [9.17, 15) is 22.8 Å². The van der Waals surface area contributed by atoms with Crippen molar-refractivity contribution in [3.05, 3.63) is 18.2 Å². The van der Waals surface area contributed by atoms with Crippen LogP contribution in [0.1, 0.15) is 13.8 Å². The summed E-state index contributed by atoms with van der Waals surface area (Å²) in [5.41, 5.74) is 0.697. The van der Waals surface area contributed by atoms with Crippen LogP contribution in [0.15, 0.2) is 18.2 Å². The van der Waals surface area contributed by atoms with Gasteiger partial charge in [0.2, 0.25) is 5.91 Å². The largest absolute Gasteiger partial charge is 0.494 e. The molecule has 128 valence electrons. The summed E-state index contributed by atoms with van der Waals surface area (Å²) in [5, 5.41) is 4.95. The summed E-state index contributed by atoms with van der Waals surface area (Å²) in [7, 11) is 1.38. The van der Waals surface area contributed by atoms with Crippen molar-refractivity contribution in [2.24, 2.45) is 0 Å². The van der Waals surface area contributed by atoms with Gasteiger partial charge in [-0.3, -0.25) is 9.59 Å². The Bertz CT molecular complexity index is 576. The predicted molar refractivity (Wildman–Crippen MR) is 77.4 cm³/mol. The Labute approximate surface area is 130 Å². The number of carbonyl (C=O) groups is 2. The molecular formula is C14H17F3N2O4. The molecule has 1 aromatic rings. The van der Waals surface area contributed by atoms with Crippen molar-refractivity contribution in [1.82, 2.24) is 0 Å². The Balaban J connectivity index is 2.72. The number of hydrogen-bond donors (Lipinski definition) is 2. The third kappa shape index (κ3) is 6.55. The van der Waals surface area contributed by atoms with E-state index in [1.165, 1.54) is 39.2 Å². The fraction of sp³-hybridized carbons (Fsp3) is 0.429. The first-order valence-electron chi connectivity index (χ1n) is 6.57.